The number of nitrogens with one attached hydrogen (secondary N) is 1. The number of ketones is 1. The molecule has 3 rings (SSSR count). The summed E-state index contributed by atoms with van der Waals surface area (Å²) in [6.07, 6.45) is 1.19. The number of methoxy groups -OCH3 is 1. The Bertz CT molecular complexity index is 846. The third-order valence-electron chi connectivity index (χ3n) is 6.99. The Balaban J connectivity index is 1.55. The number of aromatic nitrogens is 1. The number of hydrogen-bond donors (Lipinski definition) is 1. The van der Waals surface area contributed by atoms with Gasteiger partial charge in [0.1, 0.15) is 0 Å². The molecule has 178 valence electrons. The topological polar surface area (TPSA) is 86.0 Å². The van der Waals surface area contributed by atoms with Crippen LogP contribution in [0.15, 0.2) is 0 Å². The number of amides is 1. The second kappa shape index (κ2) is 10.2. The fourth-order valence-corrected chi connectivity index (χ4v) is 5.25. The monoisotopic (exact) mass is 446 g/mol. The average molecular weight is 447 g/mol. The van der Waals surface area contributed by atoms with Crippen LogP contribution in [0, 0.1) is 25.7 Å². The van der Waals surface area contributed by atoms with Crippen molar-refractivity contribution in [1.82, 2.24) is 19.7 Å². The summed E-state index contributed by atoms with van der Waals surface area (Å²) in [5.41, 5.74) is 2.20. The Kier molecular flexibility index (Phi) is 7.77. The molecule has 0 aliphatic carbocycles. The summed E-state index contributed by atoms with van der Waals surface area (Å²) in [6, 6.07) is -0.307. The van der Waals surface area contributed by atoms with Gasteiger partial charge in [-0.05, 0) is 44.6 Å². The Morgan fingerprint density at radius 2 is 1.66 bits per heavy atom. The predicted molar refractivity (Wildman–Crippen MR) is 123 cm³/mol. The van der Waals surface area contributed by atoms with Gasteiger partial charge in [0, 0.05) is 45.0 Å². The van der Waals surface area contributed by atoms with Crippen LogP contribution in [0.3, 0.4) is 0 Å². The number of esters is 1. The molecule has 8 nitrogen and oxygen atoms in total. The first-order valence-electron chi connectivity index (χ1n) is 11.7. The van der Waals surface area contributed by atoms with Crippen molar-refractivity contribution in [3.63, 3.8) is 0 Å². The number of ether oxygens (including phenoxy) is 1. The molecule has 3 unspecified atom stereocenters. The number of H-pyrrole nitrogens is 1. The van der Waals surface area contributed by atoms with E-state index < -0.39 is 5.97 Å². The van der Waals surface area contributed by atoms with Crippen molar-refractivity contribution in [2.45, 2.75) is 47.1 Å². The van der Waals surface area contributed by atoms with Crippen molar-refractivity contribution in [2.24, 2.45) is 11.8 Å². The van der Waals surface area contributed by atoms with Gasteiger partial charge in [-0.25, -0.2) is 4.79 Å². The van der Waals surface area contributed by atoms with Gasteiger partial charge in [-0.1, -0.05) is 13.8 Å². The molecule has 0 radical (unpaired) electrons. The fourth-order valence-electron chi connectivity index (χ4n) is 5.25. The maximum atomic E-state index is 13.2. The molecule has 1 aromatic rings. The van der Waals surface area contributed by atoms with Gasteiger partial charge < -0.3 is 14.6 Å². The van der Waals surface area contributed by atoms with Gasteiger partial charge in [0.05, 0.1) is 31.0 Å². The lowest BCUT2D eigenvalue weighted by atomic mass is 9.92. The summed E-state index contributed by atoms with van der Waals surface area (Å²) in [5.74, 6) is 0.881. The lowest BCUT2D eigenvalue weighted by molar-refractivity contribution is -0.135. The minimum atomic E-state index is -0.432. The minimum absolute atomic E-state index is 0.0263. The van der Waals surface area contributed by atoms with E-state index in [4.69, 9.17) is 4.74 Å². The number of nitrogens with zero attached hydrogens (tertiary/aromatic N) is 3. The number of piperidine rings is 1. The van der Waals surface area contributed by atoms with Gasteiger partial charge in [0.15, 0.2) is 5.78 Å². The normalized spacial score (nSPS) is 23.8. The third-order valence-corrected chi connectivity index (χ3v) is 6.99. The van der Waals surface area contributed by atoms with Crippen molar-refractivity contribution < 1.29 is 19.1 Å². The van der Waals surface area contributed by atoms with E-state index in [1.54, 1.807) is 13.8 Å². The zero-order chi connectivity index (χ0) is 23.6. The SMILES string of the molecule is COC(=O)c1c(C)[nH]c(C(=O)C(C)N2CCN(CC(=O)N3CC(C)CC(C)C3)CC2)c1C. The number of piperazine rings is 1. The first kappa shape index (κ1) is 24.5. The molecule has 0 spiro atoms. The van der Waals surface area contributed by atoms with E-state index in [2.05, 4.69) is 28.6 Å². The Labute approximate surface area is 191 Å². The van der Waals surface area contributed by atoms with Gasteiger partial charge in [-0.15, -0.1) is 0 Å². The highest BCUT2D eigenvalue weighted by Crippen LogP contribution is 2.23. The molecule has 2 saturated heterocycles. The van der Waals surface area contributed by atoms with Crippen LogP contribution in [0.25, 0.3) is 0 Å². The van der Waals surface area contributed by atoms with Crippen molar-refractivity contribution in [1.29, 1.82) is 0 Å². The quantitative estimate of drug-likeness (QED) is 0.532. The standard InChI is InChI=1S/C24H38N4O4/c1-15-11-16(2)13-28(12-15)20(29)14-26-7-9-27(10-8-26)19(5)23(30)22-17(3)21(18(4)25-22)24(31)32-6/h15-16,19,25H,7-14H2,1-6H3. The maximum Gasteiger partial charge on any atom is 0.339 e. The number of hydrogen-bond acceptors (Lipinski definition) is 6. The Hall–Kier alpha value is -2.19. The van der Waals surface area contributed by atoms with Crippen LogP contribution in [-0.2, 0) is 9.53 Å². The van der Waals surface area contributed by atoms with Gasteiger partial charge in [0.25, 0.3) is 0 Å². The lowest BCUT2D eigenvalue weighted by Gasteiger charge is -2.39. The van der Waals surface area contributed by atoms with Gasteiger partial charge in [-0.3, -0.25) is 19.4 Å². The number of rotatable bonds is 6. The van der Waals surface area contributed by atoms with Crippen molar-refractivity contribution in [3.05, 3.63) is 22.5 Å². The molecule has 2 aliphatic heterocycles. The predicted octanol–water partition coefficient (Wildman–Crippen LogP) is 2.11. The molecule has 0 bridgehead atoms. The molecule has 0 aromatic carbocycles. The molecule has 2 aliphatic rings. The zero-order valence-corrected chi connectivity index (χ0v) is 20.4. The van der Waals surface area contributed by atoms with Crippen molar-refractivity contribution in [2.75, 3.05) is 52.9 Å². The number of likely N-dealkylation sites (tertiary alicyclic amines) is 1. The smallest absolute Gasteiger partial charge is 0.339 e. The summed E-state index contributed by atoms with van der Waals surface area (Å²) in [6.45, 7) is 15.1. The molecule has 1 aromatic heterocycles. The van der Waals surface area contributed by atoms with E-state index in [1.807, 2.05) is 11.8 Å². The van der Waals surface area contributed by atoms with Crippen LogP contribution >= 0.6 is 0 Å². The Morgan fingerprint density at radius 1 is 1.06 bits per heavy atom. The zero-order valence-electron chi connectivity index (χ0n) is 20.4. The molecular weight excluding hydrogens is 408 g/mol. The Morgan fingerprint density at radius 3 is 2.22 bits per heavy atom. The number of aromatic amines is 1. The fraction of sp³-hybridized carbons (Fsp3) is 0.708. The molecule has 0 saturated carbocycles. The van der Waals surface area contributed by atoms with Crippen molar-refractivity contribution in [3.8, 4) is 0 Å². The van der Waals surface area contributed by atoms with Gasteiger partial charge in [0.2, 0.25) is 5.91 Å². The van der Waals surface area contributed by atoms with E-state index in [-0.39, 0.29) is 17.7 Å². The molecule has 3 atom stereocenters. The average Bonchev–Trinajstić information content (AvgIpc) is 3.05. The van der Waals surface area contributed by atoms with Gasteiger partial charge >= 0.3 is 5.97 Å². The van der Waals surface area contributed by atoms with E-state index in [1.165, 1.54) is 13.5 Å². The largest absolute Gasteiger partial charge is 0.465 e. The molecule has 2 fully saturated rings. The van der Waals surface area contributed by atoms with Crippen LogP contribution in [-0.4, -0.2) is 96.3 Å². The highest BCUT2D eigenvalue weighted by molar-refractivity contribution is 6.03. The second-order valence-electron chi connectivity index (χ2n) is 9.71. The summed E-state index contributed by atoms with van der Waals surface area (Å²) in [7, 11) is 1.34. The number of carbonyl (C=O) groups excluding carboxylic acids is 3. The molecule has 3 heterocycles. The maximum absolute atomic E-state index is 13.2. The first-order chi connectivity index (χ1) is 15.1. The summed E-state index contributed by atoms with van der Waals surface area (Å²) in [5, 5.41) is 0. The molecule has 1 amide bonds. The summed E-state index contributed by atoms with van der Waals surface area (Å²) in [4.78, 5) is 47.5. The number of Topliss-reactive ketones (excluding diaryl/α,β-unsaturated/α-hetero) is 1. The highest BCUT2D eigenvalue weighted by atomic mass is 16.5. The molecule has 1 N–H and O–H groups in total. The molecule has 32 heavy (non-hydrogen) atoms. The van der Waals surface area contributed by atoms with Crippen LogP contribution in [0.4, 0.5) is 0 Å². The molecule has 8 heteroatoms. The van der Waals surface area contributed by atoms with Crippen LogP contribution in [0.2, 0.25) is 0 Å². The number of aryl methyl sites for hydroxylation is 1. The van der Waals surface area contributed by atoms with Crippen LogP contribution in [0.5, 0.6) is 0 Å². The summed E-state index contributed by atoms with van der Waals surface area (Å²) >= 11 is 0. The number of carbonyl (C=O) groups is 3. The van der Waals surface area contributed by atoms with Crippen LogP contribution in [0.1, 0.15) is 59.3 Å². The van der Waals surface area contributed by atoms with Crippen LogP contribution < -0.4 is 0 Å². The van der Waals surface area contributed by atoms with E-state index in [0.29, 0.717) is 40.9 Å². The highest BCUT2D eigenvalue weighted by Gasteiger charge is 2.32. The summed E-state index contributed by atoms with van der Waals surface area (Å²) < 4.78 is 4.85. The van der Waals surface area contributed by atoms with Crippen molar-refractivity contribution >= 4 is 17.7 Å². The first-order valence-corrected chi connectivity index (χ1v) is 11.7. The van der Waals surface area contributed by atoms with E-state index in [9.17, 15) is 14.4 Å². The third kappa shape index (κ3) is 5.23. The minimum Gasteiger partial charge on any atom is -0.465 e. The lowest BCUT2D eigenvalue weighted by Crippen LogP contribution is -2.54. The molecular formula is C24H38N4O4. The van der Waals surface area contributed by atoms with E-state index in [0.717, 1.165) is 39.3 Å². The van der Waals surface area contributed by atoms with E-state index >= 15 is 0 Å². The van der Waals surface area contributed by atoms with Gasteiger partial charge in [-0.2, -0.15) is 0 Å². The second-order valence-corrected chi connectivity index (χ2v) is 9.71.